The van der Waals surface area contributed by atoms with E-state index in [0.29, 0.717) is 32.6 Å². The quantitative estimate of drug-likeness (QED) is 0.471. The summed E-state index contributed by atoms with van der Waals surface area (Å²) in [5.41, 5.74) is 1.79. The lowest BCUT2D eigenvalue weighted by Gasteiger charge is -2.07. The fraction of sp³-hybridized carbons (Fsp3) is 0.278. The molecule has 0 bridgehead atoms. The minimum atomic E-state index is -0.954. The smallest absolute Gasteiger partial charge is 0.381 e. The number of ketones is 1. The average Bonchev–Trinajstić information content (AvgIpc) is 2.75. The Balaban J connectivity index is 2.41. The number of Topliss-reactive ketones (excluding diaryl/α,β-unsaturated/α-hetero) is 1. The van der Waals surface area contributed by atoms with Crippen molar-refractivity contribution in [3.63, 3.8) is 0 Å². The Bertz CT molecular complexity index is 883. The van der Waals surface area contributed by atoms with Crippen molar-refractivity contribution in [2.45, 2.75) is 20.8 Å². The first kappa shape index (κ1) is 20.0. The van der Waals surface area contributed by atoms with Crippen LogP contribution in [0.3, 0.4) is 0 Å². The summed E-state index contributed by atoms with van der Waals surface area (Å²) in [5.74, 6) is -2.18. The molecule has 1 aromatic heterocycles. The van der Waals surface area contributed by atoms with E-state index in [1.165, 1.54) is 4.57 Å². The summed E-state index contributed by atoms with van der Waals surface area (Å²) in [7, 11) is 1.61. The van der Waals surface area contributed by atoms with Crippen molar-refractivity contribution in [3.05, 3.63) is 50.8 Å². The van der Waals surface area contributed by atoms with E-state index >= 15 is 0 Å². The molecule has 0 fully saturated rings. The van der Waals surface area contributed by atoms with E-state index in [0.717, 1.165) is 0 Å². The first-order chi connectivity index (χ1) is 12.2. The van der Waals surface area contributed by atoms with Crippen molar-refractivity contribution in [1.29, 1.82) is 0 Å². The Hall–Kier alpha value is -2.31. The van der Waals surface area contributed by atoms with Gasteiger partial charge in [0.2, 0.25) is 0 Å². The second-order valence-corrected chi connectivity index (χ2v) is 6.53. The van der Waals surface area contributed by atoms with Crippen LogP contribution in [0.1, 0.15) is 39.0 Å². The van der Waals surface area contributed by atoms with Crippen LogP contribution in [-0.4, -0.2) is 28.8 Å². The zero-order chi connectivity index (χ0) is 19.6. The number of hydrogen-bond donors (Lipinski definition) is 1. The number of hydrogen-bond acceptors (Lipinski definition) is 4. The molecule has 0 atom stereocenters. The van der Waals surface area contributed by atoms with E-state index in [1.807, 2.05) is 0 Å². The van der Waals surface area contributed by atoms with Crippen LogP contribution < -0.4 is 5.32 Å². The van der Waals surface area contributed by atoms with Crippen LogP contribution >= 0.6 is 23.2 Å². The van der Waals surface area contributed by atoms with E-state index in [1.54, 1.807) is 46.0 Å². The highest BCUT2D eigenvalue weighted by Crippen LogP contribution is 2.26. The summed E-state index contributed by atoms with van der Waals surface area (Å²) in [6.07, 6.45) is 0. The largest absolute Gasteiger partial charge is 0.460 e. The lowest BCUT2D eigenvalue weighted by Crippen LogP contribution is -2.21. The highest BCUT2D eigenvalue weighted by atomic mass is 35.5. The number of carbonyl (C=O) groups excluding carboxylic acids is 3. The Morgan fingerprint density at radius 2 is 1.69 bits per heavy atom. The molecule has 6 nitrogen and oxygen atoms in total. The van der Waals surface area contributed by atoms with Crippen molar-refractivity contribution < 1.29 is 19.1 Å². The number of nitrogens with zero attached hydrogens (tertiary/aromatic N) is 1. The number of ether oxygens (including phenoxy) is 1. The molecule has 0 aliphatic carbocycles. The number of aromatic nitrogens is 1. The SMILES string of the molecule is CCOC(=O)C(=O)c1c(C)c(C(=O)Nc2cc(Cl)cc(Cl)c2)c(C)n1C. The standard InChI is InChI=1S/C18H18Cl2N2O4/c1-5-26-18(25)16(23)15-9(2)14(10(3)22(15)4)17(24)21-13-7-11(19)6-12(20)8-13/h6-8H,5H2,1-4H3,(H,21,24). The third-order valence-electron chi connectivity index (χ3n) is 3.95. The first-order valence-corrected chi connectivity index (χ1v) is 8.57. The van der Waals surface area contributed by atoms with Gasteiger partial charge in [-0.25, -0.2) is 4.79 Å². The van der Waals surface area contributed by atoms with E-state index in [-0.39, 0.29) is 12.3 Å². The minimum absolute atomic E-state index is 0.0931. The van der Waals surface area contributed by atoms with Crippen LogP contribution in [0.15, 0.2) is 18.2 Å². The molecule has 2 aromatic rings. The zero-order valence-electron chi connectivity index (χ0n) is 14.8. The van der Waals surface area contributed by atoms with Gasteiger partial charge >= 0.3 is 5.97 Å². The maximum atomic E-state index is 12.7. The number of esters is 1. The Labute approximate surface area is 161 Å². The van der Waals surface area contributed by atoms with Crippen molar-refractivity contribution >= 4 is 46.5 Å². The maximum Gasteiger partial charge on any atom is 0.381 e. The first-order valence-electron chi connectivity index (χ1n) is 7.82. The lowest BCUT2D eigenvalue weighted by atomic mass is 10.1. The van der Waals surface area contributed by atoms with Crippen LogP contribution in [-0.2, 0) is 16.6 Å². The van der Waals surface area contributed by atoms with E-state index in [4.69, 9.17) is 27.9 Å². The molecule has 138 valence electrons. The van der Waals surface area contributed by atoms with E-state index in [9.17, 15) is 14.4 Å². The number of carbonyl (C=O) groups is 3. The summed E-state index contributed by atoms with van der Waals surface area (Å²) >= 11 is 11.9. The van der Waals surface area contributed by atoms with Gasteiger partial charge in [0, 0.05) is 28.5 Å². The van der Waals surface area contributed by atoms with Gasteiger partial charge in [0.1, 0.15) is 5.69 Å². The van der Waals surface area contributed by atoms with Gasteiger partial charge < -0.3 is 14.6 Å². The molecule has 0 saturated carbocycles. The van der Waals surface area contributed by atoms with Crippen LogP contribution in [0.5, 0.6) is 0 Å². The summed E-state index contributed by atoms with van der Waals surface area (Å²) in [6, 6.07) is 4.67. The molecule has 0 aliphatic heterocycles. The molecule has 1 aromatic carbocycles. The fourth-order valence-electron chi connectivity index (χ4n) is 2.75. The van der Waals surface area contributed by atoms with Crippen molar-refractivity contribution in [2.75, 3.05) is 11.9 Å². The molecule has 2 rings (SSSR count). The summed E-state index contributed by atoms with van der Waals surface area (Å²) < 4.78 is 6.28. The molecule has 26 heavy (non-hydrogen) atoms. The van der Waals surface area contributed by atoms with Crippen LogP contribution in [0.4, 0.5) is 5.69 Å². The van der Waals surface area contributed by atoms with E-state index in [2.05, 4.69) is 5.32 Å². The Morgan fingerprint density at radius 1 is 1.12 bits per heavy atom. The van der Waals surface area contributed by atoms with Crippen molar-refractivity contribution in [3.8, 4) is 0 Å². The maximum absolute atomic E-state index is 12.7. The second kappa shape index (κ2) is 7.93. The number of rotatable bonds is 5. The van der Waals surface area contributed by atoms with Crippen LogP contribution in [0, 0.1) is 13.8 Å². The molecule has 0 spiro atoms. The third kappa shape index (κ3) is 3.92. The Kier molecular flexibility index (Phi) is 6.10. The topological polar surface area (TPSA) is 77.4 Å². The normalized spacial score (nSPS) is 10.5. The van der Waals surface area contributed by atoms with Crippen LogP contribution in [0.25, 0.3) is 0 Å². The summed E-state index contributed by atoms with van der Waals surface area (Å²) in [4.78, 5) is 36.9. The second-order valence-electron chi connectivity index (χ2n) is 5.65. The highest BCUT2D eigenvalue weighted by Gasteiger charge is 2.29. The number of amides is 1. The zero-order valence-corrected chi connectivity index (χ0v) is 16.3. The molecule has 0 radical (unpaired) electrons. The minimum Gasteiger partial charge on any atom is -0.460 e. The number of halogens is 2. The van der Waals surface area contributed by atoms with Crippen molar-refractivity contribution in [1.82, 2.24) is 4.57 Å². The molecule has 0 unspecified atom stereocenters. The number of benzene rings is 1. The van der Waals surface area contributed by atoms with Gasteiger partial charge in [0.15, 0.2) is 0 Å². The molecule has 8 heteroatoms. The predicted octanol–water partition coefficient (Wildman–Crippen LogP) is 3.95. The predicted molar refractivity (Wildman–Crippen MR) is 100 cm³/mol. The van der Waals surface area contributed by atoms with Gasteiger partial charge in [0.25, 0.3) is 11.7 Å². The van der Waals surface area contributed by atoms with Gasteiger partial charge in [-0.1, -0.05) is 23.2 Å². The Morgan fingerprint density at radius 3 is 2.23 bits per heavy atom. The lowest BCUT2D eigenvalue weighted by molar-refractivity contribution is -0.137. The molecular formula is C18H18Cl2N2O4. The highest BCUT2D eigenvalue weighted by molar-refractivity contribution is 6.41. The van der Waals surface area contributed by atoms with E-state index < -0.39 is 17.7 Å². The third-order valence-corrected chi connectivity index (χ3v) is 4.39. The summed E-state index contributed by atoms with van der Waals surface area (Å²) in [5, 5.41) is 3.47. The van der Waals surface area contributed by atoms with Gasteiger partial charge in [-0.05, 0) is 44.5 Å². The van der Waals surface area contributed by atoms with Gasteiger partial charge in [-0.15, -0.1) is 0 Å². The number of nitrogens with one attached hydrogen (secondary N) is 1. The molecule has 0 aliphatic rings. The average molecular weight is 397 g/mol. The molecule has 1 amide bonds. The van der Waals surface area contributed by atoms with Gasteiger partial charge in [-0.2, -0.15) is 0 Å². The monoisotopic (exact) mass is 396 g/mol. The van der Waals surface area contributed by atoms with Crippen LogP contribution in [0.2, 0.25) is 10.0 Å². The van der Waals surface area contributed by atoms with Crippen molar-refractivity contribution in [2.24, 2.45) is 7.05 Å². The molecule has 1 N–H and O–H groups in total. The van der Waals surface area contributed by atoms with Gasteiger partial charge in [-0.3, -0.25) is 9.59 Å². The number of anilines is 1. The molecular weight excluding hydrogens is 379 g/mol. The fourth-order valence-corrected chi connectivity index (χ4v) is 3.27. The molecule has 0 saturated heterocycles. The summed E-state index contributed by atoms with van der Waals surface area (Å²) in [6.45, 7) is 5.01. The molecule has 1 heterocycles. The van der Waals surface area contributed by atoms with Gasteiger partial charge in [0.05, 0.1) is 12.2 Å².